The molecule has 0 atom stereocenters. The third-order valence-corrected chi connectivity index (χ3v) is 5.28. The number of aromatic carboxylic acids is 1. The molecule has 0 bridgehead atoms. The Balaban J connectivity index is 2.20. The minimum atomic E-state index is -1.09. The lowest BCUT2D eigenvalue weighted by molar-refractivity contribution is -0.118. The second kappa shape index (κ2) is 7.09. The highest BCUT2D eigenvalue weighted by atomic mass is 32.1. The van der Waals surface area contributed by atoms with Gasteiger partial charge in [0.2, 0.25) is 5.91 Å². The molecule has 1 aromatic carbocycles. The fourth-order valence-corrected chi connectivity index (χ4v) is 3.86. The summed E-state index contributed by atoms with van der Waals surface area (Å²) in [6.45, 7) is 1.71. The van der Waals surface area contributed by atoms with Crippen LogP contribution in [0.5, 0.6) is 0 Å². The number of nitrogens with zero attached hydrogens (tertiary/aromatic N) is 2. The molecule has 26 heavy (non-hydrogen) atoms. The average molecular weight is 371 g/mol. The highest BCUT2D eigenvalue weighted by Crippen LogP contribution is 2.27. The summed E-state index contributed by atoms with van der Waals surface area (Å²) in [4.78, 5) is 40.6. The van der Waals surface area contributed by atoms with Gasteiger partial charge in [0.15, 0.2) is 0 Å². The summed E-state index contributed by atoms with van der Waals surface area (Å²) in [5.74, 6) is -1.12. The lowest BCUT2D eigenvalue weighted by Crippen LogP contribution is -2.28. The maximum Gasteiger partial charge on any atom is 0.346 e. The number of hydrogen-bond donors (Lipinski definition) is 2. The maximum absolute atomic E-state index is 13.0. The maximum atomic E-state index is 13.0. The van der Waals surface area contributed by atoms with Crippen molar-refractivity contribution in [3.8, 4) is 0 Å². The number of primary amides is 1. The molecule has 0 radical (unpaired) electrons. The molecule has 7 nitrogen and oxygen atoms in total. The fourth-order valence-electron chi connectivity index (χ4n) is 2.83. The van der Waals surface area contributed by atoms with Crippen molar-refractivity contribution < 1.29 is 14.7 Å². The van der Waals surface area contributed by atoms with Crippen molar-refractivity contribution in [3.05, 3.63) is 62.5 Å². The van der Waals surface area contributed by atoms with E-state index in [1.54, 1.807) is 6.92 Å². The first-order chi connectivity index (χ1) is 12.4. The topological polar surface area (TPSA) is 115 Å². The number of nitrogens with two attached hydrogens (primary N) is 1. The number of fused-ring (bicyclic) bond motifs is 1. The van der Waals surface area contributed by atoms with Gasteiger partial charge >= 0.3 is 5.97 Å². The van der Waals surface area contributed by atoms with Gasteiger partial charge in [0, 0.05) is 19.4 Å². The predicted molar refractivity (Wildman–Crippen MR) is 98.6 cm³/mol. The highest BCUT2D eigenvalue weighted by Gasteiger charge is 2.21. The molecule has 2 heterocycles. The molecule has 3 aromatic rings. The second-order valence-corrected chi connectivity index (χ2v) is 6.90. The third-order valence-electron chi connectivity index (χ3n) is 4.11. The molecule has 2 aromatic heterocycles. The predicted octanol–water partition coefficient (Wildman–Crippen LogP) is 1.93. The zero-order valence-electron chi connectivity index (χ0n) is 14.1. The van der Waals surface area contributed by atoms with E-state index in [-0.39, 0.29) is 28.8 Å². The molecule has 8 heteroatoms. The van der Waals surface area contributed by atoms with E-state index in [0.717, 1.165) is 16.9 Å². The van der Waals surface area contributed by atoms with Crippen LogP contribution in [-0.2, 0) is 17.8 Å². The van der Waals surface area contributed by atoms with Crippen LogP contribution in [0.25, 0.3) is 10.2 Å². The number of amides is 1. The molecule has 0 fully saturated rings. The molecule has 0 saturated heterocycles. The standard InChI is InChI=1S/C18H17N3O4S/c1-10-14-16(26-15(10)18(24)25)20-13(9-11-5-3-2-4-6-11)21(17(14)23)8-7-12(19)22/h2-6H,7-9H2,1H3,(H2,19,22)(H,24,25). The Morgan fingerprint density at radius 1 is 1.27 bits per heavy atom. The number of rotatable bonds is 6. The van der Waals surface area contributed by atoms with Gasteiger partial charge in [0.05, 0.1) is 5.39 Å². The van der Waals surface area contributed by atoms with Crippen LogP contribution in [0.1, 0.15) is 33.0 Å². The van der Waals surface area contributed by atoms with Crippen LogP contribution in [0.2, 0.25) is 0 Å². The first-order valence-electron chi connectivity index (χ1n) is 7.96. The number of aromatic nitrogens is 2. The van der Waals surface area contributed by atoms with Crippen LogP contribution in [-0.4, -0.2) is 26.5 Å². The van der Waals surface area contributed by atoms with E-state index >= 15 is 0 Å². The Hall–Kier alpha value is -3.00. The summed E-state index contributed by atoms with van der Waals surface area (Å²) in [6.07, 6.45) is 0.397. The number of carboxylic acid groups (broad SMARTS) is 1. The molecule has 3 rings (SSSR count). The number of hydrogen-bond acceptors (Lipinski definition) is 5. The second-order valence-electron chi connectivity index (χ2n) is 5.91. The first kappa shape index (κ1) is 17.8. The zero-order chi connectivity index (χ0) is 18.8. The van der Waals surface area contributed by atoms with Gasteiger partial charge in [-0.15, -0.1) is 11.3 Å². The quantitative estimate of drug-likeness (QED) is 0.687. The van der Waals surface area contributed by atoms with Crippen LogP contribution in [0.15, 0.2) is 35.1 Å². The SMILES string of the molecule is Cc1c(C(=O)O)sc2nc(Cc3ccccc3)n(CCC(N)=O)c(=O)c12. The molecule has 134 valence electrons. The summed E-state index contributed by atoms with van der Waals surface area (Å²) in [5, 5.41) is 9.61. The Labute approximate surface area is 152 Å². The molecule has 0 spiro atoms. The van der Waals surface area contributed by atoms with Crippen LogP contribution in [0, 0.1) is 6.92 Å². The fraction of sp³-hybridized carbons (Fsp3) is 0.222. The number of aryl methyl sites for hydroxylation is 1. The Kier molecular flexibility index (Phi) is 4.85. The van der Waals surface area contributed by atoms with E-state index < -0.39 is 11.9 Å². The summed E-state index contributed by atoms with van der Waals surface area (Å²) in [7, 11) is 0. The number of carbonyl (C=O) groups excluding carboxylic acids is 1. The van der Waals surface area contributed by atoms with Crippen molar-refractivity contribution in [2.75, 3.05) is 0 Å². The van der Waals surface area contributed by atoms with Gasteiger partial charge in [-0.3, -0.25) is 14.2 Å². The third kappa shape index (κ3) is 3.36. The Bertz CT molecular complexity index is 1050. The van der Waals surface area contributed by atoms with E-state index in [1.807, 2.05) is 30.3 Å². The number of carboxylic acids is 1. The minimum absolute atomic E-state index is 0.00382. The largest absolute Gasteiger partial charge is 0.477 e. The summed E-state index contributed by atoms with van der Waals surface area (Å²) >= 11 is 0.988. The molecule has 0 aliphatic rings. The van der Waals surface area contributed by atoms with Gasteiger partial charge in [-0.1, -0.05) is 30.3 Å². The van der Waals surface area contributed by atoms with Crippen LogP contribution >= 0.6 is 11.3 Å². The van der Waals surface area contributed by atoms with Crippen molar-refractivity contribution >= 4 is 33.4 Å². The van der Waals surface area contributed by atoms with Gasteiger partial charge in [0.1, 0.15) is 15.5 Å². The van der Waals surface area contributed by atoms with E-state index in [0.29, 0.717) is 22.6 Å². The number of benzene rings is 1. The van der Waals surface area contributed by atoms with E-state index in [2.05, 4.69) is 4.98 Å². The lowest BCUT2D eigenvalue weighted by atomic mass is 10.1. The smallest absolute Gasteiger partial charge is 0.346 e. The molecule has 0 aliphatic heterocycles. The zero-order valence-corrected chi connectivity index (χ0v) is 14.9. The van der Waals surface area contributed by atoms with Gasteiger partial charge in [-0.05, 0) is 18.1 Å². The van der Waals surface area contributed by atoms with Gasteiger partial charge in [-0.2, -0.15) is 0 Å². The molecule has 1 amide bonds. The molecule has 0 aliphatic carbocycles. The van der Waals surface area contributed by atoms with Gasteiger partial charge in [0.25, 0.3) is 5.56 Å². The average Bonchev–Trinajstić information content (AvgIpc) is 2.92. The number of carbonyl (C=O) groups is 2. The molecule has 3 N–H and O–H groups in total. The summed E-state index contributed by atoms with van der Waals surface area (Å²) < 4.78 is 1.42. The Morgan fingerprint density at radius 3 is 2.58 bits per heavy atom. The van der Waals surface area contributed by atoms with E-state index in [4.69, 9.17) is 5.73 Å². The van der Waals surface area contributed by atoms with Crippen molar-refractivity contribution in [2.45, 2.75) is 26.3 Å². The van der Waals surface area contributed by atoms with Crippen molar-refractivity contribution in [1.29, 1.82) is 0 Å². The van der Waals surface area contributed by atoms with Gasteiger partial charge in [-0.25, -0.2) is 9.78 Å². The monoisotopic (exact) mass is 371 g/mol. The normalized spacial score (nSPS) is 11.0. The van der Waals surface area contributed by atoms with Crippen LogP contribution in [0.4, 0.5) is 0 Å². The van der Waals surface area contributed by atoms with Crippen molar-refractivity contribution in [3.63, 3.8) is 0 Å². The van der Waals surface area contributed by atoms with Gasteiger partial charge < -0.3 is 10.8 Å². The summed E-state index contributed by atoms with van der Waals surface area (Å²) in [6, 6.07) is 9.49. The molecule has 0 saturated carbocycles. The van der Waals surface area contributed by atoms with E-state index in [1.165, 1.54) is 4.57 Å². The summed E-state index contributed by atoms with van der Waals surface area (Å²) in [5.41, 5.74) is 6.24. The minimum Gasteiger partial charge on any atom is -0.477 e. The highest BCUT2D eigenvalue weighted by molar-refractivity contribution is 7.20. The first-order valence-corrected chi connectivity index (χ1v) is 8.78. The molecule has 0 unspecified atom stereocenters. The van der Waals surface area contributed by atoms with E-state index in [9.17, 15) is 19.5 Å². The van der Waals surface area contributed by atoms with Crippen LogP contribution in [0.3, 0.4) is 0 Å². The van der Waals surface area contributed by atoms with Crippen molar-refractivity contribution in [2.24, 2.45) is 5.73 Å². The Morgan fingerprint density at radius 2 is 1.96 bits per heavy atom. The molecular formula is C18H17N3O4S. The number of thiophene rings is 1. The molecular weight excluding hydrogens is 354 g/mol. The van der Waals surface area contributed by atoms with Crippen molar-refractivity contribution in [1.82, 2.24) is 9.55 Å². The lowest BCUT2D eigenvalue weighted by Gasteiger charge is -2.12. The van der Waals surface area contributed by atoms with Crippen LogP contribution < -0.4 is 11.3 Å².